The first kappa shape index (κ1) is 47.3. The molecular formula is C78H48B2N4O2. The first-order valence-corrected chi connectivity index (χ1v) is 29.6. The average molecular weight is 1090 g/mol. The van der Waals surface area contributed by atoms with Crippen molar-refractivity contribution in [1.82, 2.24) is 0 Å². The molecule has 0 fully saturated rings. The lowest BCUT2D eigenvalue weighted by molar-refractivity contribution is 0.668. The van der Waals surface area contributed by atoms with Crippen LogP contribution in [0.2, 0.25) is 0 Å². The van der Waals surface area contributed by atoms with Gasteiger partial charge in [0.15, 0.2) is 0 Å². The van der Waals surface area contributed by atoms with Gasteiger partial charge in [-0.15, -0.1) is 0 Å². The molecule has 2 aromatic heterocycles. The van der Waals surface area contributed by atoms with Crippen molar-refractivity contribution in [2.75, 3.05) is 19.6 Å². The van der Waals surface area contributed by atoms with Gasteiger partial charge in [0.25, 0.3) is 13.4 Å². The van der Waals surface area contributed by atoms with E-state index >= 15 is 0 Å². The summed E-state index contributed by atoms with van der Waals surface area (Å²) in [7, 11) is 0. The van der Waals surface area contributed by atoms with Crippen molar-refractivity contribution in [2.24, 2.45) is 0 Å². The van der Waals surface area contributed by atoms with Gasteiger partial charge in [0, 0.05) is 79.7 Å². The smallest absolute Gasteiger partial charge is 0.252 e. The minimum absolute atomic E-state index is 0.184. The second-order valence-electron chi connectivity index (χ2n) is 23.0. The van der Waals surface area contributed by atoms with Crippen LogP contribution in [0.25, 0.3) is 66.1 Å². The molecule has 13 aromatic carbocycles. The highest BCUT2D eigenvalue weighted by molar-refractivity contribution is 7.03. The second kappa shape index (κ2) is 18.1. The molecule has 0 unspecified atom stereocenters. The Balaban J connectivity index is 0.974. The number of anilines is 12. The van der Waals surface area contributed by atoms with Crippen molar-refractivity contribution in [3.8, 4) is 22.3 Å². The summed E-state index contributed by atoms with van der Waals surface area (Å²) < 4.78 is 14.2. The number of nitrogens with zero attached hydrogens (tertiary/aromatic N) is 4. The molecule has 8 heteroatoms. The number of benzene rings is 13. The molecular weight excluding hydrogens is 1050 g/mol. The molecule has 398 valence electrons. The van der Waals surface area contributed by atoms with Gasteiger partial charge in [0.2, 0.25) is 0 Å². The van der Waals surface area contributed by atoms with E-state index in [0.29, 0.717) is 0 Å². The van der Waals surface area contributed by atoms with Crippen LogP contribution in [0.4, 0.5) is 68.2 Å². The topological polar surface area (TPSA) is 39.2 Å². The van der Waals surface area contributed by atoms with Crippen LogP contribution in [0.3, 0.4) is 0 Å². The molecule has 0 saturated heterocycles. The van der Waals surface area contributed by atoms with Gasteiger partial charge in [-0.3, -0.25) is 0 Å². The Bertz CT molecular complexity index is 5300. The Hall–Kier alpha value is -11.2. The van der Waals surface area contributed by atoms with Crippen molar-refractivity contribution in [1.29, 1.82) is 0 Å². The summed E-state index contributed by atoms with van der Waals surface area (Å²) >= 11 is 0. The van der Waals surface area contributed by atoms with Crippen molar-refractivity contribution < 1.29 is 8.83 Å². The third-order valence-corrected chi connectivity index (χ3v) is 18.5. The van der Waals surface area contributed by atoms with E-state index in [2.05, 4.69) is 311 Å². The van der Waals surface area contributed by atoms with E-state index in [-0.39, 0.29) is 13.4 Å². The Labute approximate surface area is 497 Å². The number of hydrogen-bond donors (Lipinski definition) is 0. The molecule has 0 spiro atoms. The van der Waals surface area contributed by atoms with E-state index in [1.54, 1.807) is 0 Å². The summed E-state index contributed by atoms with van der Waals surface area (Å²) in [6, 6.07) is 107. The molecule has 6 nitrogen and oxygen atoms in total. The highest BCUT2D eigenvalue weighted by Gasteiger charge is 2.50. The summed E-state index contributed by atoms with van der Waals surface area (Å²) in [5.41, 5.74) is 28.6. The van der Waals surface area contributed by atoms with E-state index in [1.807, 2.05) is 0 Å². The van der Waals surface area contributed by atoms with E-state index in [0.717, 1.165) is 129 Å². The van der Waals surface area contributed by atoms with Crippen molar-refractivity contribution in [3.63, 3.8) is 0 Å². The molecule has 15 aromatic rings. The molecule has 0 saturated carbocycles. The SMILES string of the molecule is c1ccc(-c2cccc(-c3ccccc3N3c4cc5c(cc4B4c6ccccc6N(c6ccccc6)c6c4c3cc3oc4ccccc4c63)B3c4ccccc4N(c4ccccc4)c4c3c(cc3oc6ccccc6c43)N5c3ccccc3)c2)cc1. The lowest BCUT2D eigenvalue weighted by Crippen LogP contribution is -2.65. The third-order valence-electron chi connectivity index (χ3n) is 18.5. The van der Waals surface area contributed by atoms with Gasteiger partial charge in [-0.05, 0) is 128 Å². The van der Waals surface area contributed by atoms with Crippen LogP contribution in [-0.4, -0.2) is 13.4 Å². The van der Waals surface area contributed by atoms with Gasteiger partial charge in [-0.25, -0.2) is 0 Å². The second-order valence-corrected chi connectivity index (χ2v) is 23.0. The van der Waals surface area contributed by atoms with Gasteiger partial charge in [-0.2, -0.15) is 0 Å². The summed E-state index contributed by atoms with van der Waals surface area (Å²) in [5, 5.41) is 4.38. The standard InChI is InChI=1S/C78H48B2N4O2/c1-5-24-49(25-6-1)50-26-23-27-51(44-50)55-34-13-18-39-62(55)84-66-46-65-60(45-61(66)80-59-38-17-20-41-64(59)83(54-32-11-4-12-33-54)78-74-57-36-15-22-43-70(57)86-72(74)48-68(84)76(78)80)79-58-37-16-19-40-63(58)82(53-30-9-3-10-31-53)77-73-56-35-14-21-42-69(56)85-71(73)47-67(75(77)79)81(65)52-28-7-2-8-29-52/h1-48H. The number of furan rings is 2. The molecule has 0 atom stereocenters. The first-order valence-electron chi connectivity index (χ1n) is 29.6. The maximum atomic E-state index is 7.15. The fourth-order valence-corrected chi connectivity index (χ4v) is 15.1. The van der Waals surface area contributed by atoms with Crippen LogP contribution in [0.5, 0.6) is 0 Å². The Kier molecular flexibility index (Phi) is 9.98. The molecule has 0 N–H and O–H groups in total. The lowest BCUT2D eigenvalue weighted by Gasteiger charge is -2.47. The van der Waals surface area contributed by atoms with Crippen LogP contribution in [-0.2, 0) is 0 Å². The minimum atomic E-state index is -0.203. The van der Waals surface area contributed by atoms with Crippen LogP contribution in [0, 0.1) is 0 Å². The molecule has 0 aliphatic carbocycles. The van der Waals surface area contributed by atoms with Gasteiger partial charge in [0.1, 0.15) is 22.3 Å². The van der Waals surface area contributed by atoms with Gasteiger partial charge in [-0.1, -0.05) is 200 Å². The van der Waals surface area contributed by atoms with E-state index in [9.17, 15) is 0 Å². The predicted molar refractivity (Wildman–Crippen MR) is 360 cm³/mol. The molecule has 0 radical (unpaired) electrons. The largest absolute Gasteiger partial charge is 0.456 e. The number of para-hydroxylation sites is 8. The molecule has 4 aliphatic rings. The van der Waals surface area contributed by atoms with Gasteiger partial charge in [0.05, 0.1) is 27.8 Å². The van der Waals surface area contributed by atoms with E-state index in [4.69, 9.17) is 8.83 Å². The maximum absolute atomic E-state index is 7.15. The van der Waals surface area contributed by atoms with Gasteiger partial charge >= 0.3 is 0 Å². The van der Waals surface area contributed by atoms with Crippen LogP contribution < -0.4 is 52.4 Å². The van der Waals surface area contributed by atoms with E-state index in [1.165, 1.54) is 38.3 Å². The van der Waals surface area contributed by atoms with E-state index < -0.39 is 0 Å². The van der Waals surface area contributed by atoms with Crippen LogP contribution in [0.1, 0.15) is 0 Å². The fraction of sp³-hybridized carbons (Fsp3) is 0. The summed E-state index contributed by atoms with van der Waals surface area (Å²) in [6.45, 7) is -0.387. The van der Waals surface area contributed by atoms with Crippen molar-refractivity contribution >= 4 is 158 Å². The summed E-state index contributed by atoms with van der Waals surface area (Å²) in [4.78, 5) is 10.1. The van der Waals surface area contributed by atoms with Crippen molar-refractivity contribution in [3.05, 3.63) is 291 Å². The van der Waals surface area contributed by atoms with Crippen molar-refractivity contribution in [2.45, 2.75) is 0 Å². The minimum Gasteiger partial charge on any atom is -0.456 e. The highest BCUT2D eigenvalue weighted by atomic mass is 16.3. The average Bonchev–Trinajstić information content (AvgIpc) is 1.03. The molecule has 6 heterocycles. The Morgan fingerprint density at radius 2 is 0.663 bits per heavy atom. The molecule has 0 bridgehead atoms. The fourth-order valence-electron chi connectivity index (χ4n) is 15.1. The normalized spacial score (nSPS) is 13.4. The third kappa shape index (κ3) is 6.63. The zero-order chi connectivity index (χ0) is 56.1. The Morgan fingerprint density at radius 1 is 0.244 bits per heavy atom. The maximum Gasteiger partial charge on any atom is 0.252 e. The quantitative estimate of drug-likeness (QED) is 0.155. The molecule has 4 aliphatic heterocycles. The first-order chi connectivity index (χ1) is 42.7. The zero-order valence-electron chi connectivity index (χ0n) is 46.5. The highest BCUT2D eigenvalue weighted by Crippen LogP contribution is 2.54. The number of hydrogen-bond acceptors (Lipinski definition) is 6. The lowest BCUT2D eigenvalue weighted by atomic mass is 9.30. The Morgan fingerprint density at radius 3 is 1.22 bits per heavy atom. The monoisotopic (exact) mass is 1090 g/mol. The van der Waals surface area contributed by atoms with Crippen LogP contribution >= 0.6 is 0 Å². The summed E-state index contributed by atoms with van der Waals surface area (Å²) in [6.07, 6.45) is 0. The van der Waals surface area contributed by atoms with Gasteiger partial charge < -0.3 is 28.4 Å². The molecule has 0 amide bonds. The molecule has 86 heavy (non-hydrogen) atoms. The molecule has 19 rings (SSSR count). The van der Waals surface area contributed by atoms with Crippen LogP contribution in [0.15, 0.2) is 300 Å². The number of rotatable bonds is 6. The zero-order valence-corrected chi connectivity index (χ0v) is 46.5. The number of fused-ring (bicyclic) bond motifs is 16. The predicted octanol–water partition coefficient (Wildman–Crippen LogP) is 17.0. The summed E-state index contributed by atoms with van der Waals surface area (Å²) in [5.74, 6) is 0.